The number of rotatable bonds is 5. The fourth-order valence-electron chi connectivity index (χ4n) is 2.04. The Morgan fingerprint density at radius 1 is 1.53 bits per heavy atom. The molecule has 3 N–H and O–H groups in total. The van der Waals surface area contributed by atoms with Crippen LogP contribution in [-0.2, 0) is 4.79 Å². The Morgan fingerprint density at radius 3 is 3.05 bits per heavy atom. The number of hydrogen-bond acceptors (Lipinski definition) is 4. The maximum atomic E-state index is 11.6. The molecule has 104 valence electrons. The number of amides is 1. The normalized spacial score (nSPS) is 15.7. The number of anilines is 2. The van der Waals surface area contributed by atoms with E-state index in [2.05, 4.69) is 5.32 Å². The zero-order valence-corrected chi connectivity index (χ0v) is 11.5. The summed E-state index contributed by atoms with van der Waals surface area (Å²) in [4.78, 5) is 13.2. The average molecular weight is 263 g/mol. The van der Waals surface area contributed by atoms with Gasteiger partial charge in [-0.25, -0.2) is 0 Å². The predicted octanol–water partition coefficient (Wildman–Crippen LogP) is 1.58. The Morgan fingerprint density at radius 2 is 2.32 bits per heavy atom. The van der Waals surface area contributed by atoms with Gasteiger partial charge in [-0.2, -0.15) is 0 Å². The lowest BCUT2D eigenvalue weighted by Crippen LogP contribution is -2.35. The molecule has 0 saturated heterocycles. The van der Waals surface area contributed by atoms with Crippen LogP contribution in [0.5, 0.6) is 5.75 Å². The first-order valence-electron chi connectivity index (χ1n) is 6.61. The molecular weight excluding hydrogens is 242 g/mol. The van der Waals surface area contributed by atoms with E-state index in [-0.39, 0.29) is 18.6 Å². The van der Waals surface area contributed by atoms with E-state index in [0.717, 1.165) is 36.5 Å². The third-order valence-corrected chi connectivity index (χ3v) is 3.21. The molecule has 1 unspecified atom stereocenters. The van der Waals surface area contributed by atoms with E-state index >= 15 is 0 Å². The van der Waals surface area contributed by atoms with Gasteiger partial charge in [-0.3, -0.25) is 4.79 Å². The topological polar surface area (TPSA) is 67.6 Å². The molecule has 2 rings (SSSR count). The summed E-state index contributed by atoms with van der Waals surface area (Å²) in [7, 11) is 1.77. The molecule has 1 aliphatic heterocycles. The molecule has 1 aromatic carbocycles. The Labute approximate surface area is 113 Å². The third kappa shape index (κ3) is 3.38. The summed E-state index contributed by atoms with van der Waals surface area (Å²) in [5, 5.41) is 3.34. The highest BCUT2D eigenvalue weighted by Crippen LogP contribution is 2.33. The van der Waals surface area contributed by atoms with Crippen molar-refractivity contribution < 1.29 is 9.53 Å². The van der Waals surface area contributed by atoms with Crippen LogP contribution in [-0.4, -0.2) is 32.1 Å². The van der Waals surface area contributed by atoms with Crippen molar-refractivity contribution in [3.05, 3.63) is 18.2 Å². The Bertz CT molecular complexity index is 460. The molecule has 1 aromatic rings. The van der Waals surface area contributed by atoms with Crippen LogP contribution < -0.4 is 20.7 Å². The summed E-state index contributed by atoms with van der Waals surface area (Å²) < 4.78 is 5.38. The molecule has 0 fully saturated rings. The van der Waals surface area contributed by atoms with Gasteiger partial charge in [0.1, 0.15) is 5.75 Å². The first kappa shape index (κ1) is 13.7. The molecule has 5 nitrogen and oxygen atoms in total. The van der Waals surface area contributed by atoms with Crippen LogP contribution >= 0.6 is 0 Å². The highest BCUT2D eigenvalue weighted by atomic mass is 16.5. The van der Waals surface area contributed by atoms with Crippen LogP contribution in [0.2, 0.25) is 0 Å². The average Bonchev–Trinajstić information content (AvgIpc) is 2.39. The van der Waals surface area contributed by atoms with Gasteiger partial charge in [0.05, 0.1) is 5.69 Å². The summed E-state index contributed by atoms with van der Waals surface area (Å²) in [6.07, 6.45) is 2.03. The van der Waals surface area contributed by atoms with E-state index in [1.807, 2.05) is 25.1 Å². The van der Waals surface area contributed by atoms with Gasteiger partial charge in [0.25, 0.3) is 5.91 Å². The molecule has 0 radical (unpaired) electrons. The van der Waals surface area contributed by atoms with E-state index < -0.39 is 0 Å². The van der Waals surface area contributed by atoms with Crippen LogP contribution in [0.4, 0.5) is 11.4 Å². The van der Waals surface area contributed by atoms with Crippen LogP contribution in [0.1, 0.15) is 19.8 Å². The van der Waals surface area contributed by atoms with Crippen molar-refractivity contribution >= 4 is 17.3 Å². The van der Waals surface area contributed by atoms with Gasteiger partial charge in [0.2, 0.25) is 0 Å². The van der Waals surface area contributed by atoms with Crippen LogP contribution in [0.25, 0.3) is 0 Å². The molecule has 1 atom stereocenters. The summed E-state index contributed by atoms with van der Waals surface area (Å²) in [5.74, 6) is 0.727. The lowest BCUT2D eigenvalue weighted by molar-refractivity contribution is -0.120. The lowest BCUT2D eigenvalue weighted by atomic mass is 10.2. The minimum absolute atomic E-state index is 0.0263. The molecule has 5 heteroatoms. The molecule has 19 heavy (non-hydrogen) atoms. The van der Waals surface area contributed by atoms with Crippen molar-refractivity contribution in [2.75, 3.05) is 30.4 Å². The second-order valence-electron chi connectivity index (χ2n) is 4.97. The first-order valence-corrected chi connectivity index (χ1v) is 6.61. The molecule has 1 heterocycles. The minimum atomic E-state index is -0.0263. The number of fused-ring (bicyclic) bond motifs is 1. The Balaban J connectivity index is 1.98. The highest BCUT2D eigenvalue weighted by molar-refractivity contribution is 5.97. The van der Waals surface area contributed by atoms with Crippen molar-refractivity contribution in [1.29, 1.82) is 0 Å². The molecule has 0 aliphatic carbocycles. The third-order valence-electron chi connectivity index (χ3n) is 3.21. The first-order chi connectivity index (χ1) is 9.08. The summed E-state index contributed by atoms with van der Waals surface area (Å²) in [5.41, 5.74) is 7.52. The summed E-state index contributed by atoms with van der Waals surface area (Å²) in [6, 6.07) is 6.04. The van der Waals surface area contributed by atoms with Crippen LogP contribution in [0.3, 0.4) is 0 Å². The largest absolute Gasteiger partial charge is 0.482 e. The molecule has 1 aliphatic rings. The van der Waals surface area contributed by atoms with Crippen molar-refractivity contribution in [1.82, 2.24) is 0 Å². The quantitative estimate of drug-likeness (QED) is 0.791. The van der Waals surface area contributed by atoms with Gasteiger partial charge in [0, 0.05) is 25.3 Å². The van der Waals surface area contributed by atoms with Gasteiger partial charge in [-0.05, 0) is 38.0 Å². The number of nitrogens with zero attached hydrogens (tertiary/aromatic N) is 1. The number of carbonyl (C=O) groups is 1. The van der Waals surface area contributed by atoms with Crippen molar-refractivity contribution in [3.8, 4) is 5.75 Å². The van der Waals surface area contributed by atoms with Gasteiger partial charge in [-0.1, -0.05) is 0 Å². The van der Waals surface area contributed by atoms with Gasteiger partial charge < -0.3 is 20.7 Å². The van der Waals surface area contributed by atoms with E-state index in [0.29, 0.717) is 0 Å². The van der Waals surface area contributed by atoms with E-state index in [9.17, 15) is 4.79 Å². The zero-order chi connectivity index (χ0) is 13.8. The molecule has 0 bridgehead atoms. The van der Waals surface area contributed by atoms with E-state index in [4.69, 9.17) is 10.5 Å². The number of hydrogen-bond donors (Lipinski definition) is 2. The second-order valence-corrected chi connectivity index (χ2v) is 4.97. The molecule has 0 saturated carbocycles. The Hall–Kier alpha value is -1.75. The fraction of sp³-hybridized carbons (Fsp3) is 0.500. The van der Waals surface area contributed by atoms with Gasteiger partial charge in [-0.15, -0.1) is 0 Å². The number of benzene rings is 1. The number of nitrogens with two attached hydrogens (primary N) is 1. The van der Waals surface area contributed by atoms with Crippen molar-refractivity contribution in [2.45, 2.75) is 25.8 Å². The highest BCUT2D eigenvalue weighted by Gasteiger charge is 2.22. The molecular formula is C14H21N3O2. The minimum Gasteiger partial charge on any atom is -0.482 e. The lowest BCUT2D eigenvalue weighted by Gasteiger charge is -2.26. The number of nitrogens with one attached hydrogen (secondary N) is 1. The number of carbonyl (C=O) groups excluding carboxylic acids is 1. The zero-order valence-electron chi connectivity index (χ0n) is 11.5. The fourth-order valence-corrected chi connectivity index (χ4v) is 2.04. The van der Waals surface area contributed by atoms with Crippen LogP contribution in [0, 0.1) is 0 Å². The maximum Gasteiger partial charge on any atom is 0.264 e. The number of ether oxygens (including phenoxy) is 1. The van der Waals surface area contributed by atoms with Gasteiger partial charge >= 0.3 is 0 Å². The molecule has 0 spiro atoms. The van der Waals surface area contributed by atoms with E-state index in [1.54, 1.807) is 11.9 Å². The Kier molecular flexibility index (Phi) is 4.27. The van der Waals surface area contributed by atoms with Crippen LogP contribution in [0.15, 0.2) is 18.2 Å². The van der Waals surface area contributed by atoms with Crippen molar-refractivity contribution in [2.24, 2.45) is 5.73 Å². The summed E-state index contributed by atoms with van der Waals surface area (Å²) in [6.45, 7) is 3.00. The standard InChI is InChI=1S/C14H21N3O2/c1-10(15)4-3-7-16-11-5-6-13-12(8-11)17(2)14(18)9-19-13/h5-6,8,10,16H,3-4,7,9,15H2,1-2H3. The monoisotopic (exact) mass is 263 g/mol. The molecule has 0 aromatic heterocycles. The predicted molar refractivity (Wildman–Crippen MR) is 76.7 cm³/mol. The summed E-state index contributed by atoms with van der Waals surface area (Å²) >= 11 is 0. The van der Waals surface area contributed by atoms with Gasteiger partial charge in [0.15, 0.2) is 6.61 Å². The SMILES string of the molecule is CC(N)CCCNc1ccc2c(c1)N(C)C(=O)CO2. The second kappa shape index (κ2) is 5.93. The molecule has 1 amide bonds. The van der Waals surface area contributed by atoms with E-state index in [1.165, 1.54) is 0 Å². The number of likely N-dealkylation sites (N-methyl/N-ethyl adjacent to an activating group) is 1. The van der Waals surface area contributed by atoms with Crippen molar-refractivity contribution in [3.63, 3.8) is 0 Å². The smallest absolute Gasteiger partial charge is 0.264 e. The maximum absolute atomic E-state index is 11.6.